The molecule has 1 aliphatic heterocycles. The average Bonchev–Trinajstić information content (AvgIpc) is 3.01. The third-order valence-electron chi connectivity index (χ3n) is 6.36. The second kappa shape index (κ2) is 8.14. The van der Waals surface area contributed by atoms with Crippen LogP contribution in [0.1, 0.15) is 56.2 Å². The van der Waals surface area contributed by atoms with E-state index in [-0.39, 0.29) is 23.5 Å². The van der Waals surface area contributed by atoms with Crippen LogP contribution < -0.4 is 0 Å². The normalized spacial score (nSPS) is 28.2. The number of hydrogen-bond donors (Lipinski definition) is 0. The van der Waals surface area contributed by atoms with Crippen molar-refractivity contribution in [2.45, 2.75) is 57.0 Å². The molecule has 158 valence electrons. The van der Waals surface area contributed by atoms with E-state index in [0.29, 0.717) is 44.7 Å². The predicted molar refractivity (Wildman–Crippen MR) is 110 cm³/mol. The second-order valence-electron chi connectivity index (χ2n) is 8.18. The molecule has 8 heteroatoms. The lowest BCUT2D eigenvalue weighted by atomic mass is 9.79. The van der Waals surface area contributed by atoms with Crippen LogP contribution in [0.4, 0.5) is 0 Å². The number of ether oxygens (including phenoxy) is 1. The Bertz CT molecular complexity index is 918. The summed E-state index contributed by atoms with van der Waals surface area (Å²) in [7, 11) is -2.67. The van der Waals surface area contributed by atoms with Crippen LogP contribution in [-0.2, 0) is 30.5 Å². The first-order chi connectivity index (χ1) is 14.0. The zero-order valence-electron chi connectivity index (χ0n) is 17.0. The molecule has 2 atom stereocenters. The number of pyridine rings is 1. The van der Waals surface area contributed by atoms with Gasteiger partial charge in [-0.2, -0.15) is 4.36 Å². The van der Waals surface area contributed by atoms with Crippen LogP contribution >= 0.6 is 0 Å². The van der Waals surface area contributed by atoms with E-state index >= 15 is 0 Å². The fourth-order valence-corrected chi connectivity index (χ4v) is 6.50. The van der Waals surface area contributed by atoms with E-state index in [4.69, 9.17) is 4.74 Å². The first-order valence-corrected chi connectivity index (χ1v) is 12.5. The van der Waals surface area contributed by atoms with Crippen molar-refractivity contribution < 1.29 is 18.5 Å². The zero-order valence-corrected chi connectivity index (χ0v) is 17.8. The number of carbonyl (C=O) groups is 2. The van der Waals surface area contributed by atoms with Crippen LogP contribution in [0.3, 0.4) is 0 Å². The smallest absolute Gasteiger partial charge is 0.285 e. The van der Waals surface area contributed by atoms with E-state index in [9.17, 15) is 13.8 Å². The van der Waals surface area contributed by atoms with E-state index in [1.807, 2.05) is 19.1 Å². The summed E-state index contributed by atoms with van der Waals surface area (Å²) in [5.74, 6) is 0.0697. The third kappa shape index (κ3) is 3.97. The first kappa shape index (κ1) is 20.5. The van der Waals surface area contributed by atoms with Crippen molar-refractivity contribution in [2.24, 2.45) is 4.36 Å². The largest absolute Gasteiger partial charge is 0.365 e. The lowest BCUT2D eigenvalue weighted by Gasteiger charge is -2.38. The van der Waals surface area contributed by atoms with Gasteiger partial charge in [-0.05, 0) is 57.1 Å². The minimum absolute atomic E-state index is 0.0576. The highest BCUT2D eigenvalue weighted by Gasteiger charge is 2.46. The number of amides is 2. The molecule has 29 heavy (non-hydrogen) atoms. The minimum Gasteiger partial charge on any atom is -0.365 e. The molecule has 1 aromatic heterocycles. The summed E-state index contributed by atoms with van der Waals surface area (Å²) in [6, 6.07) is 3.94. The van der Waals surface area contributed by atoms with Crippen LogP contribution in [0.15, 0.2) is 22.7 Å². The van der Waals surface area contributed by atoms with Gasteiger partial charge >= 0.3 is 0 Å². The van der Waals surface area contributed by atoms with Crippen LogP contribution in [-0.4, -0.2) is 62.7 Å². The van der Waals surface area contributed by atoms with Gasteiger partial charge in [0.1, 0.15) is 5.60 Å². The molecule has 1 saturated carbocycles. The highest BCUT2D eigenvalue weighted by molar-refractivity contribution is 7.93. The van der Waals surface area contributed by atoms with E-state index in [0.717, 1.165) is 30.5 Å². The average molecular weight is 420 g/mol. The van der Waals surface area contributed by atoms with Gasteiger partial charge in [0.2, 0.25) is 5.91 Å². The van der Waals surface area contributed by atoms with E-state index in [1.165, 1.54) is 0 Å². The summed E-state index contributed by atoms with van der Waals surface area (Å²) in [4.78, 5) is 32.1. The van der Waals surface area contributed by atoms with E-state index < -0.39 is 15.3 Å². The monoisotopic (exact) mass is 419 g/mol. The van der Waals surface area contributed by atoms with Crippen molar-refractivity contribution in [2.75, 3.05) is 31.2 Å². The number of hydrogen-bond acceptors (Lipinski definition) is 5. The molecule has 2 fully saturated rings. The summed E-state index contributed by atoms with van der Waals surface area (Å²) in [6.07, 6.45) is 6.20. The molecule has 0 aromatic carbocycles. The number of aromatic nitrogens is 1. The van der Waals surface area contributed by atoms with Crippen molar-refractivity contribution in [1.82, 2.24) is 9.88 Å². The quantitative estimate of drug-likeness (QED) is 0.747. The molecule has 2 aliphatic carbocycles. The van der Waals surface area contributed by atoms with Crippen LogP contribution in [0.2, 0.25) is 0 Å². The molecule has 0 bridgehead atoms. The Kier molecular flexibility index (Phi) is 5.75. The summed E-state index contributed by atoms with van der Waals surface area (Å²) >= 11 is 0. The van der Waals surface area contributed by atoms with Gasteiger partial charge in [0.05, 0.1) is 21.3 Å². The SMILES string of the molecule is CCOC1(C(=O)N=S2(=O)CCCN(C(=O)C3CCc4cccnc43)CC2)CCC1. The van der Waals surface area contributed by atoms with E-state index in [2.05, 4.69) is 9.35 Å². The molecule has 2 heterocycles. The lowest BCUT2D eigenvalue weighted by molar-refractivity contribution is -0.155. The van der Waals surface area contributed by atoms with Gasteiger partial charge in [-0.1, -0.05) is 6.07 Å². The molecule has 0 radical (unpaired) electrons. The molecule has 4 rings (SSSR count). The lowest BCUT2D eigenvalue weighted by Crippen LogP contribution is -2.47. The zero-order chi connectivity index (χ0) is 20.5. The van der Waals surface area contributed by atoms with Crippen LogP contribution in [0, 0.1) is 0 Å². The van der Waals surface area contributed by atoms with Crippen molar-refractivity contribution in [3.05, 3.63) is 29.6 Å². The number of nitrogens with zero attached hydrogens (tertiary/aromatic N) is 3. The van der Waals surface area contributed by atoms with Gasteiger partial charge < -0.3 is 9.64 Å². The third-order valence-corrected chi connectivity index (χ3v) is 8.61. The summed E-state index contributed by atoms with van der Waals surface area (Å²) in [6.45, 7) is 3.23. The highest BCUT2D eigenvalue weighted by Crippen LogP contribution is 2.37. The first-order valence-electron chi connectivity index (χ1n) is 10.6. The number of aryl methyl sites for hydroxylation is 1. The van der Waals surface area contributed by atoms with Crippen LogP contribution in [0.5, 0.6) is 0 Å². The Labute approximate surface area is 172 Å². The van der Waals surface area contributed by atoms with Gasteiger partial charge in [0.15, 0.2) is 0 Å². The molecule has 0 spiro atoms. The molecular formula is C21H29N3O4S. The van der Waals surface area contributed by atoms with Crippen molar-refractivity contribution in [3.8, 4) is 0 Å². The van der Waals surface area contributed by atoms with Crippen molar-refractivity contribution >= 4 is 21.5 Å². The fraction of sp³-hybridized carbons (Fsp3) is 0.667. The fourth-order valence-electron chi connectivity index (χ4n) is 4.56. The Hall–Kier alpha value is -1.80. The van der Waals surface area contributed by atoms with Crippen LogP contribution in [0.25, 0.3) is 0 Å². The molecule has 2 unspecified atom stereocenters. The molecule has 3 aliphatic rings. The molecule has 2 amide bonds. The summed E-state index contributed by atoms with van der Waals surface area (Å²) < 4.78 is 23.2. The maximum Gasteiger partial charge on any atom is 0.285 e. The summed E-state index contributed by atoms with van der Waals surface area (Å²) in [5, 5.41) is 0. The topological polar surface area (TPSA) is 88.9 Å². The van der Waals surface area contributed by atoms with Crippen molar-refractivity contribution in [3.63, 3.8) is 0 Å². The van der Waals surface area contributed by atoms with Gasteiger partial charge in [-0.15, -0.1) is 0 Å². The molecular weight excluding hydrogens is 390 g/mol. The Balaban J connectivity index is 1.46. The Morgan fingerprint density at radius 1 is 1.31 bits per heavy atom. The minimum atomic E-state index is -2.67. The van der Waals surface area contributed by atoms with Gasteiger partial charge in [0, 0.05) is 37.4 Å². The Morgan fingerprint density at radius 3 is 2.86 bits per heavy atom. The van der Waals surface area contributed by atoms with Crippen molar-refractivity contribution in [1.29, 1.82) is 0 Å². The standard InChI is InChI=1S/C21H29N3O4S/c1-2-28-21(9-4-10-21)20(26)23-29(27)14-5-12-24(13-15-29)19(25)17-8-7-16-6-3-11-22-18(16)17/h3,6,11,17H,2,4-5,7-10,12-15H2,1H3. The predicted octanol–water partition coefficient (Wildman–Crippen LogP) is 2.30. The van der Waals surface area contributed by atoms with E-state index in [1.54, 1.807) is 11.1 Å². The second-order valence-corrected chi connectivity index (χ2v) is 10.7. The number of carbonyl (C=O) groups excluding carboxylic acids is 2. The Morgan fingerprint density at radius 2 is 2.14 bits per heavy atom. The summed E-state index contributed by atoms with van der Waals surface area (Å²) in [5.41, 5.74) is 1.16. The maximum atomic E-state index is 13.3. The number of fused-ring (bicyclic) bond motifs is 1. The maximum absolute atomic E-state index is 13.3. The molecule has 1 aromatic rings. The van der Waals surface area contributed by atoms with Gasteiger partial charge in [0.25, 0.3) is 5.91 Å². The number of rotatable bonds is 4. The molecule has 0 N–H and O–H groups in total. The van der Waals surface area contributed by atoms with Gasteiger partial charge in [-0.25, -0.2) is 4.21 Å². The molecule has 7 nitrogen and oxygen atoms in total. The highest BCUT2D eigenvalue weighted by atomic mass is 32.2. The molecule has 1 saturated heterocycles. The van der Waals surface area contributed by atoms with Gasteiger partial charge in [-0.3, -0.25) is 14.6 Å².